The van der Waals surface area contributed by atoms with E-state index in [-0.39, 0.29) is 11.6 Å². The molecule has 7 heteroatoms. The van der Waals surface area contributed by atoms with Crippen LogP contribution in [0.2, 0.25) is 0 Å². The summed E-state index contributed by atoms with van der Waals surface area (Å²) in [6.07, 6.45) is 3.66. The summed E-state index contributed by atoms with van der Waals surface area (Å²) in [5.74, 6) is 2.00. The van der Waals surface area contributed by atoms with Crippen LogP contribution in [0.5, 0.6) is 17.2 Å². The van der Waals surface area contributed by atoms with E-state index in [1.165, 1.54) is 16.9 Å². The largest absolute Gasteiger partial charge is 0.496 e. The van der Waals surface area contributed by atoms with Crippen LogP contribution >= 0.6 is 11.3 Å². The molecule has 0 radical (unpaired) electrons. The third kappa shape index (κ3) is 4.07. The number of hydrogen-bond acceptors (Lipinski definition) is 6. The van der Waals surface area contributed by atoms with Crippen LogP contribution in [-0.4, -0.2) is 25.9 Å². The minimum atomic E-state index is -0.314. The lowest BCUT2D eigenvalue weighted by molar-refractivity contribution is 0.354. The van der Waals surface area contributed by atoms with Crippen molar-refractivity contribution in [2.45, 2.75) is 18.9 Å². The third-order valence-electron chi connectivity index (χ3n) is 8.02. The van der Waals surface area contributed by atoms with Crippen LogP contribution in [-0.2, 0) is 6.42 Å². The molecule has 7 rings (SSSR count). The van der Waals surface area contributed by atoms with Crippen molar-refractivity contribution in [3.63, 3.8) is 0 Å². The molecular weight excluding hydrogens is 532 g/mol. The van der Waals surface area contributed by atoms with E-state index in [0.717, 1.165) is 57.3 Å². The van der Waals surface area contributed by atoms with Crippen molar-refractivity contribution in [3.05, 3.63) is 126 Å². The fraction of sp³-hybridized carbons (Fsp3) is 0.176. The quantitative estimate of drug-likeness (QED) is 0.285. The number of thiazole rings is 1. The molecule has 1 aliphatic heterocycles. The number of nitrogens with zero attached hydrogens (tertiary/aromatic N) is 2. The second-order valence-corrected chi connectivity index (χ2v) is 11.1. The number of hydrogen-bond donors (Lipinski definition) is 0. The first-order valence-corrected chi connectivity index (χ1v) is 14.3. The van der Waals surface area contributed by atoms with Crippen molar-refractivity contribution in [1.82, 2.24) is 4.57 Å². The molecule has 0 amide bonds. The number of aryl methyl sites for hydroxylation is 1. The molecule has 4 aromatic carbocycles. The molecule has 5 aromatic rings. The van der Waals surface area contributed by atoms with E-state index in [4.69, 9.17) is 19.2 Å². The lowest BCUT2D eigenvalue weighted by Gasteiger charge is -2.31. The first-order valence-electron chi connectivity index (χ1n) is 13.5. The van der Waals surface area contributed by atoms with Gasteiger partial charge in [0.2, 0.25) is 0 Å². The van der Waals surface area contributed by atoms with Crippen LogP contribution in [0.4, 0.5) is 0 Å². The average molecular weight is 561 g/mol. The van der Waals surface area contributed by atoms with Gasteiger partial charge in [0.05, 0.1) is 37.6 Å². The van der Waals surface area contributed by atoms with Crippen LogP contribution < -0.4 is 29.1 Å². The fourth-order valence-corrected chi connectivity index (χ4v) is 7.06. The predicted molar refractivity (Wildman–Crippen MR) is 163 cm³/mol. The van der Waals surface area contributed by atoms with Gasteiger partial charge < -0.3 is 14.2 Å². The summed E-state index contributed by atoms with van der Waals surface area (Å²) < 4.78 is 19.4. The summed E-state index contributed by atoms with van der Waals surface area (Å²) in [6, 6.07) is 26.1. The molecule has 0 saturated carbocycles. The standard InChI is InChI=1S/C34H28N2O4S/c1-38-27-16-13-20-8-4-6-10-23(20)26(27)19-30-33(37)36-32(22-14-17-28(39-2)29(18-22)40-3)25-15-12-21-9-5-7-11-24(21)31(25)35-34(36)41-30/h4-11,13-14,16-19,32H,12,15H2,1-3H3/b30-19-/t32-/m0/s1. The Balaban J connectivity index is 1.51. The van der Waals surface area contributed by atoms with Gasteiger partial charge in [-0.15, -0.1) is 0 Å². The Morgan fingerprint density at radius 1 is 0.854 bits per heavy atom. The molecule has 2 heterocycles. The topological polar surface area (TPSA) is 62.0 Å². The number of ether oxygens (including phenoxy) is 3. The van der Waals surface area contributed by atoms with E-state index < -0.39 is 0 Å². The highest BCUT2D eigenvalue weighted by Gasteiger charge is 2.33. The lowest BCUT2D eigenvalue weighted by atomic mass is 9.83. The van der Waals surface area contributed by atoms with Crippen LogP contribution in [0.25, 0.3) is 22.5 Å². The van der Waals surface area contributed by atoms with Crippen LogP contribution in [0.1, 0.15) is 34.7 Å². The van der Waals surface area contributed by atoms with Crippen LogP contribution in [0.3, 0.4) is 0 Å². The van der Waals surface area contributed by atoms with E-state index in [1.54, 1.807) is 21.3 Å². The van der Waals surface area contributed by atoms with Crippen molar-refractivity contribution >= 4 is 33.9 Å². The normalized spacial score (nSPS) is 16.1. The van der Waals surface area contributed by atoms with E-state index in [1.807, 2.05) is 53.1 Å². The molecule has 204 valence electrons. The highest BCUT2D eigenvalue weighted by molar-refractivity contribution is 7.07. The zero-order valence-electron chi connectivity index (χ0n) is 23.0. The van der Waals surface area contributed by atoms with Gasteiger partial charge in [0.15, 0.2) is 16.3 Å². The van der Waals surface area contributed by atoms with Crippen molar-refractivity contribution in [2.24, 2.45) is 4.99 Å². The molecule has 2 aliphatic rings. The van der Waals surface area contributed by atoms with Gasteiger partial charge in [-0.1, -0.05) is 72.0 Å². The van der Waals surface area contributed by atoms with E-state index in [2.05, 4.69) is 36.4 Å². The Hall–Kier alpha value is -4.62. The summed E-state index contributed by atoms with van der Waals surface area (Å²) in [5, 5.41) is 2.12. The van der Waals surface area contributed by atoms with Crippen molar-refractivity contribution in [1.29, 1.82) is 0 Å². The Labute approximate surface area is 241 Å². The molecule has 6 nitrogen and oxygen atoms in total. The summed E-state index contributed by atoms with van der Waals surface area (Å²) >= 11 is 1.41. The number of methoxy groups -OCH3 is 3. The fourth-order valence-electron chi connectivity index (χ4n) is 6.08. The molecule has 0 bridgehead atoms. The second kappa shape index (κ2) is 10.1. The van der Waals surface area contributed by atoms with Crippen LogP contribution in [0.15, 0.2) is 94.2 Å². The minimum absolute atomic E-state index is 0.0751. The van der Waals surface area contributed by atoms with Gasteiger partial charge in [-0.05, 0) is 64.6 Å². The second-order valence-electron chi connectivity index (χ2n) is 10.1. The number of rotatable bonds is 5. The van der Waals surface area contributed by atoms with Gasteiger partial charge in [0.1, 0.15) is 5.75 Å². The van der Waals surface area contributed by atoms with E-state index in [0.29, 0.717) is 20.8 Å². The van der Waals surface area contributed by atoms with Gasteiger partial charge in [0.25, 0.3) is 5.56 Å². The van der Waals surface area contributed by atoms with Gasteiger partial charge in [-0.2, -0.15) is 0 Å². The SMILES string of the molecule is COc1ccc([C@H]2C3=C(N=c4s/c(=C\c5c(OC)ccc6ccccc56)c(=O)n42)c2ccccc2CC3)cc1OC. The summed E-state index contributed by atoms with van der Waals surface area (Å²) in [6.45, 7) is 0. The molecular formula is C34H28N2O4S. The van der Waals surface area contributed by atoms with Gasteiger partial charge in [0, 0.05) is 11.1 Å². The smallest absolute Gasteiger partial charge is 0.271 e. The molecule has 0 unspecified atom stereocenters. The highest BCUT2D eigenvalue weighted by Crippen LogP contribution is 2.42. The van der Waals surface area contributed by atoms with E-state index >= 15 is 0 Å². The summed E-state index contributed by atoms with van der Waals surface area (Å²) in [5.41, 5.74) is 6.27. The van der Waals surface area contributed by atoms with Crippen molar-refractivity contribution in [3.8, 4) is 17.2 Å². The molecule has 0 N–H and O–H groups in total. The predicted octanol–water partition coefficient (Wildman–Crippen LogP) is 5.50. The summed E-state index contributed by atoms with van der Waals surface area (Å²) in [7, 11) is 4.92. The Morgan fingerprint density at radius 3 is 2.44 bits per heavy atom. The zero-order valence-corrected chi connectivity index (χ0v) is 23.8. The molecule has 1 aromatic heterocycles. The Bertz CT molecular complexity index is 2050. The first kappa shape index (κ1) is 25.4. The molecule has 0 spiro atoms. The number of benzene rings is 4. The maximum absolute atomic E-state index is 14.3. The number of allylic oxidation sites excluding steroid dienone is 1. The maximum Gasteiger partial charge on any atom is 0.271 e. The summed E-state index contributed by atoms with van der Waals surface area (Å²) in [4.78, 5) is 20.1. The van der Waals surface area contributed by atoms with Crippen molar-refractivity contribution < 1.29 is 14.2 Å². The maximum atomic E-state index is 14.3. The first-order chi connectivity index (χ1) is 20.1. The average Bonchev–Trinajstić information content (AvgIpc) is 3.33. The van der Waals surface area contributed by atoms with Crippen LogP contribution in [0, 0.1) is 0 Å². The zero-order chi connectivity index (χ0) is 28.1. The molecule has 0 saturated heterocycles. The lowest BCUT2D eigenvalue weighted by Crippen LogP contribution is -2.38. The van der Waals surface area contributed by atoms with Crippen molar-refractivity contribution in [2.75, 3.05) is 21.3 Å². The molecule has 41 heavy (non-hydrogen) atoms. The molecule has 0 fully saturated rings. The monoisotopic (exact) mass is 560 g/mol. The van der Waals surface area contributed by atoms with Gasteiger partial charge in [-0.25, -0.2) is 4.99 Å². The van der Waals surface area contributed by atoms with Gasteiger partial charge >= 0.3 is 0 Å². The Morgan fingerprint density at radius 2 is 1.61 bits per heavy atom. The van der Waals surface area contributed by atoms with E-state index in [9.17, 15) is 4.79 Å². The highest BCUT2D eigenvalue weighted by atomic mass is 32.1. The van der Waals surface area contributed by atoms with Gasteiger partial charge in [-0.3, -0.25) is 9.36 Å². The minimum Gasteiger partial charge on any atom is -0.496 e. The number of aromatic nitrogens is 1. The third-order valence-corrected chi connectivity index (χ3v) is 9.01. The number of fused-ring (bicyclic) bond motifs is 4. The molecule has 1 atom stereocenters. The Kier molecular flexibility index (Phi) is 6.24. The molecule has 1 aliphatic carbocycles.